The summed E-state index contributed by atoms with van der Waals surface area (Å²) in [6.45, 7) is 1.83. The van der Waals surface area contributed by atoms with Crippen molar-refractivity contribution in [1.82, 2.24) is 10.2 Å². The molecule has 1 aromatic carbocycles. The van der Waals surface area contributed by atoms with Gasteiger partial charge in [-0.1, -0.05) is 41.1 Å². The Morgan fingerprint density at radius 2 is 2.17 bits per heavy atom. The van der Waals surface area contributed by atoms with E-state index in [4.69, 9.17) is 11.6 Å². The summed E-state index contributed by atoms with van der Waals surface area (Å²) in [6, 6.07) is 7.30. The highest BCUT2D eigenvalue weighted by Gasteiger charge is 2.03. The second-order valence-electron chi connectivity index (χ2n) is 3.47. The van der Waals surface area contributed by atoms with E-state index in [1.54, 1.807) is 12.1 Å². The van der Waals surface area contributed by atoms with Crippen molar-refractivity contribution in [3.63, 3.8) is 0 Å². The van der Waals surface area contributed by atoms with Crippen LogP contribution in [0.1, 0.15) is 10.6 Å². The number of anilines is 1. The van der Waals surface area contributed by atoms with Crippen LogP contribution in [0.15, 0.2) is 30.3 Å². The molecule has 0 aliphatic heterocycles. The van der Waals surface area contributed by atoms with Gasteiger partial charge in [0.25, 0.3) is 0 Å². The van der Waals surface area contributed by atoms with Gasteiger partial charge in [-0.25, -0.2) is 0 Å². The summed E-state index contributed by atoms with van der Waals surface area (Å²) in [6.07, 6.45) is 3.07. The second-order valence-corrected chi connectivity index (χ2v) is 5.06. The predicted octanol–water partition coefficient (Wildman–Crippen LogP) is 3.15. The smallest absolute Gasteiger partial charge is 0.250 e. The number of hydrogen-bond acceptors (Lipinski definition) is 4. The molecule has 0 saturated carbocycles. The van der Waals surface area contributed by atoms with Crippen LogP contribution in [0.4, 0.5) is 5.13 Å². The molecule has 1 heterocycles. The Bertz CT molecular complexity index is 595. The van der Waals surface area contributed by atoms with E-state index in [1.807, 2.05) is 25.1 Å². The lowest BCUT2D eigenvalue weighted by atomic mass is 10.2. The van der Waals surface area contributed by atoms with Crippen LogP contribution in [0, 0.1) is 6.92 Å². The van der Waals surface area contributed by atoms with Gasteiger partial charge in [-0.15, -0.1) is 10.2 Å². The summed E-state index contributed by atoms with van der Waals surface area (Å²) in [5.74, 6) is -0.258. The highest BCUT2D eigenvalue weighted by atomic mass is 35.5. The Hall–Kier alpha value is -1.72. The summed E-state index contributed by atoms with van der Waals surface area (Å²) >= 11 is 7.29. The van der Waals surface area contributed by atoms with Crippen molar-refractivity contribution in [3.8, 4) is 0 Å². The van der Waals surface area contributed by atoms with Gasteiger partial charge in [0.2, 0.25) is 11.0 Å². The first-order valence-corrected chi connectivity index (χ1v) is 6.38. The quantitative estimate of drug-likeness (QED) is 0.878. The van der Waals surface area contributed by atoms with Crippen molar-refractivity contribution in [2.45, 2.75) is 6.92 Å². The molecule has 0 aliphatic rings. The Morgan fingerprint density at radius 1 is 1.39 bits per heavy atom. The van der Waals surface area contributed by atoms with Crippen LogP contribution < -0.4 is 5.32 Å². The molecule has 2 rings (SSSR count). The van der Waals surface area contributed by atoms with E-state index in [0.29, 0.717) is 10.2 Å². The fraction of sp³-hybridized carbons (Fsp3) is 0.0833. The third-order valence-electron chi connectivity index (χ3n) is 2.08. The lowest BCUT2D eigenvalue weighted by Crippen LogP contribution is -2.07. The minimum Gasteiger partial charge on any atom is -0.297 e. The zero-order chi connectivity index (χ0) is 13.0. The highest BCUT2D eigenvalue weighted by Crippen LogP contribution is 2.17. The Balaban J connectivity index is 2.01. The largest absolute Gasteiger partial charge is 0.297 e. The molecule has 1 N–H and O–H groups in total. The molecule has 0 unspecified atom stereocenters. The van der Waals surface area contributed by atoms with Gasteiger partial charge in [-0.05, 0) is 24.6 Å². The molecular weight excluding hydrogens is 270 g/mol. The van der Waals surface area contributed by atoms with Crippen LogP contribution in [0.2, 0.25) is 5.02 Å². The van der Waals surface area contributed by atoms with E-state index < -0.39 is 0 Å². The fourth-order valence-electron chi connectivity index (χ4n) is 1.27. The fourth-order valence-corrected chi connectivity index (χ4v) is 2.06. The van der Waals surface area contributed by atoms with Gasteiger partial charge in [-0.3, -0.25) is 10.1 Å². The van der Waals surface area contributed by atoms with Crippen LogP contribution in [-0.4, -0.2) is 16.1 Å². The van der Waals surface area contributed by atoms with Crippen molar-refractivity contribution in [1.29, 1.82) is 0 Å². The zero-order valence-electron chi connectivity index (χ0n) is 9.55. The molecular formula is C12H10ClN3OS. The number of carbonyl (C=O) groups is 1. The standard InChI is InChI=1S/C12H10ClN3OS/c1-8-15-16-12(18-8)14-11(17)7-6-9-4-2-3-5-10(9)13/h2-7H,1H3,(H,14,16,17)/b7-6+. The summed E-state index contributed by atoms with van der Waals surface area (Å²) < 4.78 is 0. The number of hydrogen-bond donors (Lipinski definition) is 1. The van der Waals surface area contributed by atoms with E-state index in [-0.39, 0.29) is 5.91 Å². The number of benzene rings is 1. The monoisotopic (exact) mass is 279 g/mol. The third-order valence-corrected chi connectivity index (χ3v) is 3.17. The number of carbonyl (C=O) groups excluding carboxylic acids is 1. The first-order valence-electron chi connectivity index (χ1n) is 5.19. The van der Waals surface area contributed by atoms with Crippen molar-refractivity contribution in [3.05, 3.63) is 45.9 Å². The highest BCUT2D eigenvalue weighted by molar-refractivity contribution is 7.15. The number of nitrogens with zero attached hydrogens (tertiary/aromatic N) is 2. The van der Waals surface area contributed by atoms with Gasteiger partial charge < -0.3 is 0 Å². The molecule has 2 aromatic rings. The average Bonchev–Trinajstić information content (AvgIpc) is 2.74. The lowest BCUT2D eigenvalue weighted by Gasteiger charge is -1.97. The minimum absolute atomic E-state index is 0.258. The molecule has 0 radical (unpaired) electrons. The number of aromatic nitrogens is 2. The summed E-state index contributed by atoms with van der Waals surface area (Å²) in [4.78, 5) is 11.6. The predicted molar refractivity (Wildman–Crippen MR) is 73.8 cm³/mol. The Kier molecular flexibility index (Phi) is 4.07. The first kappa shape index (κ1) is 12.7. The van der Waals surface area contributed by atoms with E-state index in [0.717, 1.165) is 10.6 Å². The van der Waals surface area contributed by atoms with Gasteiger partial charge >= 0.3 is 0 Å². The molecule has 4 nitrogen and oxygen atoms in total. The molecule has 92 valence electrons. The molecule has 0 spiro atoms. The number of nitrogens with one attached hydrogen (secondary N) is 1. The number of aryl methyl sites for hydroxylation is 1. The van der Waals surface area contributed by atoms with Crippen LogP contribution in [0.5, 0.6) is 0 Å². The molecule has 0 aliphatic carbocycles. The van der Waals surface area contributed by atoms with Gasteiger partial charge in [0, 0.05) is 11.1 Å². The van der Waals surface area contributed by atoms with Gasteiger partial charge in [0.15, 0.2) is 0 Å². The first-order chi connectivity index (χ1) is 8.65. The maximum absolute atomic E-state index is 11.6. The molecule has 1 amide bonds. The van der Waals surface area contributed by atoms with Crippen LogP contribution >= 0.6 is 22.9 Å². The minimum atomic E-state index is -0.258. The van der Waals surface area contributed by atoms with Gasteiger partial charge in [0.1, 0.15) is 5.01 Å². The topological polar surface area (TPSA) is 54.9 Å². The van der Waals surface area contributed by atoms with Crippen molar-refractivity contribution in [2.24, 2.45) is 0 Å². The average molecular weight is 280 g/mol. The molecule has 0 bridgehead atoms. The maximum Gasteiger partial charge on any atom is 0.250 e. The van der Waals surface area contributed by atoms with Crippen LogP contribution in [0.3, 0.4) is 0 Å². The van der Waals surface area contributed by atoms with E-state index in [9.17, 15) is 4.79 Å². The summed E-state index contributed by atoms with van der Waals surface area (Å²) in [5.41, 5.74) is 0.794. The zero-order valence-corrected chi connectivity index (χ0v) is 11.1. The number of rotatable bonds is 3. The van der Waals surface area contributed by atoms with Crippen molar-refractivity contribution >= 4 is 40.1 Å². The summed E-state index contributed by atoms with van der Waals surface area (Å²) in [5, 5.41) is 12.1. The van der Waals surface area contributed by atoms with Gasteiger partial charge in [-0.2, -0.15) is 0 Å². The van der Waals surface area contributed by atoms with Gasteiger partial charge in [0.05, 0.1) is 0 Å². The Morgan fingerprint density at radius 3 is 2.83 bits per heavy atom. The van der Waals surface area contributed by atoms with Crippen molar-refractivity contribution < 1.29 is 4.79 Å². The summed E-state index contributed by atoms with van der Waals surface area (Å²) in [7, 11) is 0. The second kappa shape index (κ2) is 5.75. The third kappa shape index (κ3) is 3.38. The number of halogens is 1. The number of amides is 1. The lowest BCUT2D eigenvalue weighted by molar-refractivity contribution is -0.111. The molecule has 0 fully saturated rings. The van der Waals surface area contributed by atoms with Crippen molar-refractivity contribution in [2.75, 3.05) is 5.32 Å². The molecule has 0 saturated heterocycles. The van der Waals surface area contributed by atoms with E-state index in [2.05, 4.69) is 15.5 Å². The Labute approximate surface area is 113 Å². The normalized spacial score (nSPS) is 10.8. The van der Waals surface area contributed by atoms with E-state index >= 15 is 0 Å². The van der Waals surface area contributed by atoms with Crippen LogP contribution in [0.25, 0.3) is 6.08 Å². The molecule has 0 atom stereocenters. The maximum atomic E-state index is 11.6. The van der Waals surface area contributed by atoms with Crippen LogP contribution in [-0.2, 0) is 4.79 Å². The SMILES string of the molecule is Cc1nnc(NC(=O)/C=C/c2ccccc2Cl)s1. The van der Waals surface area contributed by atoms with E-state index in [1.165, 1.54) is 17.4 Å². The molecule has 1 aromatic heterocycles. The molecule has 6 heteroatoms. The molecule has 18 heavy (non-hydrogen) atoms.